The zero-order chi connectivity index (χ0) is 22.1. The first kappa shape index (κ1) is 22.1. The molecule has 0 radical (unpaired) electrons. The average molecular weight is 419 g/mol. The lowest BCUT2D eigenvalue weighted by Gasteiger charge is -2.15. The molecule has 0 saturated heterocycles. The van der Waals surface area contributed by atoms with Crippen molar-refractivity contribution in [3.63, 3.8) is 0 Å². The Morgan fingerprint density at radius 1 is 0.839 bits per heavy atom. The standard InChI is InChI=1S/C25H27N3O3/c1-28(17-24(29)26-21-12-8-13-22(16-21)31-2)18-25(30)27-23-14-7-6-11-20(23)15-19-9-4-3-5-10-19/h3-14,16H,15,17-18H2,1-2H3,(H,26,29)(H,27,30)/p+1. The molecule has 0 bridgehead atoms. The van der Waals surface area contributed by atoms with Crippen LogP contribution in [0.3, 0.4) is 0 Å². The minimum absolute atomic E-state index is 0.132. The van der Waals surface area contributed by atoms with Gasteiger partial charge in [0.25, 0.3) is 11.8 Å². The molecule has 2 amide bonds. The molecule has 3 N–H and O–H groups in total. The number of methoxy groups -OCH3 is 1. The summed E-state index contributed by atoms with van der Waals surface area (Å²) in [6.45, 7) is 0.363. The third-order valence-electron chi connectivity index (χ3n) is 4.81. The molecule has 31 heavy (non-hydrogen) atoms. The maximum absolute atomic E-state index is 12.6. The summed E-state index contributed by atoms with van der Waals surface area (Å²) in [5, 5.41) is 5.83. The van der Waals surface area contributed by atoms with Gasteiger partial charge in [0.2, 0.25) is 0 Å². The fraction of sp³-hybridized carbons (Fsp3) is 0.200. The van der Waals surface area contributed by atoms with Crippen LogP contribution in [0.2, 0.25) is 0 Å². The Labute approximate surface area is 182 Å². The molecule has 1 unspecified atom stereocenters. The van der Waals surface area contributed by atoms with Crippen molar-refractivity contribution in [2.24, 2.45) is 0 Å². The van der Waals surface area contributed by atoms with Crippen LogP contribution in [-0.2, 0) is 16.0 Å². The van der Waals surface area contributed by atoms with Crippen LogP contribution >= 0.6 is 0 Å². The molecule has 1 atom stereocenters. The average Bonchev–Trinajstić information content (AvgIpc) is 2.75. The molecule has 0 aromatic heterocycles. The number of ether oxygens (including phenoxy) is 1. The van der Waals surface area contributed by atoms with Crippen LogP contribution < -0.4 is 20.3 Å². The highest BCUT2D eigenvalue weighted by molar-refractivity contribution is 5.93. The Kier molecular flexibility index (Phi) is 7.79. The van der Waals surface area contributed by atoms with E-state index in [1.54, 1.807) is 19.2 Å². The third-order valence-corrected chi connectivity index (χ3v) is 4.81. The molecular weight excluding hydrogens is 390 g/mol. The van der Waals surface area contributed by atoms with Crippen LogP contribution in [0.25, 0.3) is 0 Å². The van der Waals surface area contributed by atoms with E-state index in [1.807, 2.05) is 61.6 Å². The number of quaternary nitrogens is 1. The molecule has 0 heterocycles. The number of hydrogen-bond donors (Lipinski definition) is 3. The molecule has 6 nitrogen and oxygen atoms in total. The van der Waals surface area contributed by atoms with Gasteiger partial charge in [-0.05, 0) is 35.7 Å². The summed E-state index contributed by atoms with van der Waals surface area (Å²) in [5.74, 6) is 0.377. The van der Waals surface area contributed by atoms with Crippen molar-refractivity contribution < 1.29 is 19.2 Å². The van der Waals surface area contributed by atoms with E-state index >= 15 is 0 Å². The van der Waals surface area contributed by atoms with E-state index in [-0.39, 0.29) is 24.9 Å². The van der Waals surface area contributed by atoms with Crippen LogP contribution in [0.5, 0.6) is 5.75 Å². The van der Waals surface area contributed by atoms with Gasteiger partial charge in [0, 0.05) is 17.4 Å². The molecular formula is C25H28N3O3+. The van der Waals surface area contributed by atoms with Crippen molar-refractivity contribution in [1.82, 2.24) is 0 Å². The Bertz CT molecular complexity index is 1020. The Balaban J connectivity index is 1.53. The second kappa shape index (κ2) is 10.9. The molecule has 0 aliphatic heterocycles. The number of benzene rings is 3. The van der Waals surface area contributed by atoms with Crippen molar-refractivity contribution in [1.29, 1.82) is 0 Å². The van der Waals surface area contributed by atoms with Gasteiger partial charge in [-0.25, -0.2) is 0 Å². The van der Waals surface area contributed by atoms with Crippen molar-refractivity contribution in [2.75, 3.05) is 37.9 Å². The molecule has 0 saturated carbocycles. The first-order chi connectivity index (χ1) is 15.0. The molecule has 0 spiro atoms. The van der Waals surface area contributed by atoms with Crippen LogP contribution in [0.15, 0.2) is 78.9 Å². The number of rotatable bonds is 9. The quantitative estimate of drug-likeness (QED) is 0.500. The molecule has 160 valence electrons. The second-order valence-electron chi connectivity index (χ2n) is 7.46. The number of carbonyl (C=O) groups excluding carboxylic acids is 2. The lowest BCUT2D eigenvalue weighted by molar-refractivity contribution is -0.862. The Morgan fingerprint density at radius 3 is 2.26 bits per heavy atom. The highest BCUT2D eigenvalue weighted by Gasteiger charge is 2.16. The molecule has 0 aliphatic rings. The second-order valence-corrected chi connectivity index (χ2v) is 7.46. The number of carbonyl (C=O) groups is 2. The highest BCUT2D eigenvalue weighted by Crippen LogP contribution is 2.19. The fourth-order valence-electron chi connectivity index (χ4n) is 3.32. The summed E-state index contributed by atoms with van der Waals surface area (Å²) >= 11 is 0. The Morgan fingerprint density at radius 2 is 1.52 bits per heavy atom. The smallest absolute Gasteiger partial charge is 0.279 e. The predicted octanol–water partition coefficient (Wildman–Crippen LogP) is 2.38. The number of para-hydroxylation sites is 1. The normalized spacial score (nSPS) is 11.4. The first-order valence-corrected chi connectivity index (χ1v) is 10.2. The molecule has 3 rings (SSSR count). The van der Waals surface area contributed by atoms with Crippen molar-refractivity contribution >= 4 is 23.2 Å². The summed E-state index contributed by atoms with van der Waals surface area (Å²) in [6, 6.07) is 25.1. The van der Waals surface area contributed by atoms with E-state index in [0.29, 0.717) is 11.4 Å². The number of hydrogen-bond acceptors (Lipinski definition) is 3. The van der Waals surface area contributed by atoms with Crippen molar-refractivity contribution in [2.45, 2.75) is 6.42 Å². The minimum Gasteiger partial charge on any atom is -0.497 e. The van der Waals surface area contributed by atoms with Crippen molar-refractivity contribution in [3.8, 4) is 5.75 Å². The Hall–Kier alpha value is -3.64. The van der Waals surface area contributed by atoms with E-state index in [9.17, 15) is 9.59 Å². The highest BCUT2D eigenvalue weighted by atomic mass is 16.5. The zero-order valence-corrected chi connectivity index (χ0v) is 17.9. The summed E-state index contributed by atoms with van der Waals surface area (Å²) in [5.41, 5.74) is 3.69. The van der Waals surface area contributed by atoms with Gasteiger partial charge in [-0.1, -0.05) is 54.6 Å². The van der Waals surface area contributed by atoms with Gasteiger partial charge >= 0.3 is 0 Å². The van der Waals surface area contributed by atoms with E-state index in [1.165, 1.54) is 5.56 Å². The summed E-state index contributed by atoms with van der Waals surface area (Å²) in [6.07, 6.45) is 0.739. The largest absolute Gasteiger partial charge is 0.497 e. The van der Waals surface area contributed by atoms with Crippen molar-refractivity contribution in [3.05, 3.63) is 90.0 Å². The molecule has 6 heteroatoms. The number of likely N-dealkylation sites (N-methyl/N-ethyl adjacent to an activating group) is 1. The van der Waals surface area contributed by atoms with Gasteiger partial charge in [-0.2, -0.15) is 0 Å². The monoisotopic (exact) mass is 418 g/mol. The minimum atomic E-state index is -0.164. The van der Waals surface area contributed by atoms with Crippen LogP contribution in [0.1, 0.15) is 11.1 Å². The van der Waals surface area contributed by atoms with E-state index < -0.39 is 0 Å². The van der Waals surface area contributed by atoms with E-state index in [4.69, 9.17) is 4.74 Å². The maximum Gasteiger partial charge on any atom is 0.279 e. The van der Waals surface area contributed by atoms with E-state index in [0.717, 1.165) is 22.6 Å². The molecule has 3 aromatic rings. The number of nitrogens with one attached hydrogen (secondary N) is 3. The molecule has 0 fully saturated rings. The summed E-state index contributed by atoms with van der Waals surface area (Å²) in [7, 11) is 3.40. The summed E-state index contributed by atoms with van der Waals surface area (Å²) < 4.78 is 5.16. The van der Waals surface area contributed by atoms with E-state index in [2.05, 4.69) is 22.8 Å². The van der Waals surface area contributed by atoms with Gasteiger partial charge in [-0.15, -0.1) is 0 Å². The number of amides is 2. The van der Waals surface area contributed by atoms with Gasteiger partial charge in [0.15, 0.2) is 13.1 Å². The maximum atomic E-state index is 12.6. The lowest BCUT2D eigenvalue weighted by atomic mass is 10.0. The van der Waals surface area contributed by atoms with Gasteiger partial charge in [-0.3, -0.25) is 9.59 Å². The molecule has 0 aliphatic carbocycles. The third kappa shape index (κ3) is 6.97. The molecule has 3 aromatic carbocycles. The zero-order valence-electron chi connectivity index (χ0n) is 17.9. The lowest BCUT2D eigenvalue weighted by Crippen LogP contribution is -3.11. The predicted molar refractivity (Wildman–Crippen MR) is 123 cm³/mol. The van der Waals surface area contributed by atoms with Gasteiger partial charge < -0.3 is 20.3 Å². The number of anilines is 2. The van der Waals surface area contributed by atoms with Crippen LogP contribution in [-0.4, -0.2) is 39.1 Å². The van der Waals surface area contributed by atoms with Crippen LogP contribution in [0.4, 0.5) is 11.4 Å². The van der Waals surface area contributed by atoms with Crippen LogP contribution in [0, 0.1) is 0 Å². The van der Waals surface area contributed by atoms with Gasteiger partial charge in [0.1, 0.15) is 5.75 Å². The summed E-state index contributed by atoms with van der Waals surface area (Å²) in [4.78, 5) is 25.7. The topological polar surface area (TPSA) is 71.9 Å². The first-order valence-electron chi connectivity index (χ1n) is 10.2. The fourth-order valence-corrected chi connectivity index (χ4v) is 3.32. The SMILES string of the molecule is COc1cccc(NC(=O)C[NH+](C)CC(=O)Nc2ccccc2Cc2ccccc2)c1. The van der Waals surface area contributed by atoms with Gasteiger partial charge in [0.05, 0.1) is 14.2 Å².